The van der Waals surface area contributed by atoms with Gasteiger partial charge in [-0.1, -0.05) is 74.3 Å². The summed E-state index contributed by atoms with van der Waals surface area (Å²) < 4.78 is 90.7. The lowest BCUT2D eigenvalue weighted by Gasteiger charge is -2.41. The van der Waals surface area contributed by atoms with E-state index >= 15 is 0 Å². The number of rotatable bonds is 6. The summed E-state index contributed by atoms with van der Waals surface area (Å²) in [4.78, 5) is 40.7. The van der Waals surface area contributed by atoms with Crippen LogP contribution in [0, 0.1) is 5.92 Å². The van der Waals surface area contributed by atoms with Crippen LogP contribution in [-0.4, -0.2) is 39.1 Å². The fraction of sp³-hybridized carbons (Fsp3) is 0.333. The van der Waals surface area contributed by atoms with Crippen LogP contribution in [0.2, 0.25) is 0 Å². The lowest BCUT2D eigenvalue weighted by Crippen LogP contribution is -2.50. The zero-order valence-corrected chi connectivity index (χ0v) is 19.1. The number of amides is 1. The average Bonchev–Trinajstić information content (AvgIpc) is 2.97. The number of hydrogen-bond donors (Lipinski definition) is 0. The second-order valence-corrected chi connectivity index (χ2v) is 8.38. The van der Waals surface area contributed by atoms with Crippen LogP contribution in [0.1, 0.15) is 75.0 Å². The Balaban J connectivity index is 2.21. The van der Waals surface area contributed by atoms with Gasteiger partial charge in [0, 0.05) is 18.5 Å². The highest BCUT2D eigenvalue weighted by Crippen LogP contribution is 2.39. The van der Waals surface area contributed by atoms with Crippen molar-refractivity contribution in [1.82, 2.24) is 14.7 Å². The first-order valence-corrected chi connectivity index (χ1v) is 10.7. The van der Waals surface area contributed by atoms with E-state index in [1.807, 2.05) is 0 Å². The summed E-state index contributed by atoms with van der Waals surface area (Å²) in [6, 6.07) is -9.01. The molecule has 0 spiro atoms. The highest BCUT2D eigenvalue weighted by molar-refractivity contribution is 5.97. The van der Waals surface area contributed by atoms with Crippen molar-refractivity contribution in [1.29, 1.82) is 0 Å². The van der Waals surface area contributed by atoms with Crippen LogP contribution in [0.4, 0.5) is 0 Å². The zero-order chi connectivity index (χ0) is 33.1. The molecule has 0 radical (unpaired) electrons. The van der Waals surface area contributed by atoms with Crippen LogP contribution in [0.15, 0.2) is 71.4 Å². The summed E-state index contributed by atoms with van der Waals surface area (Å²) in [5.41, 5.74) is -2.19. The Morgan fingerprint density at radius 2 is 1.56 bits per heavy atom. The second kappa shape index (κ2) is 9.63. The maximum atomic E-state index is 13.8. The molecule has 7 heteroatoms. The molecule has 1 aliphatic heterocycles. The molecule has 0 saturated carbocycles. The van der Waals surface area contributed by atoms with E-state index in [1.165, 1.54) is 18.7 Å². The van der Waals surface area contributed by atoms with Crippen molar-refractivity contribution in [2.75, 3.05) is 6.54 Å². The van der Waals surface area contributed by atoms with Gasteiger partial charge in [0.1, 0.15) is 0 Å². The van der Waals surface area contributed by atoms with E-state index in [0.29, 0.717) is 0 Å². The Kier molecular flexibility index (Phi) is 3.92. The van der Waals surface area contributed by atoms with Crippen molar-refractivity contribution < 1.29 is 28.0 Å². The van der Waals surface area contributed by atoms with E-state index in [2.05, 4.69) is 5.10 Å². The number of nitrogens with zero attached hydrogens (tertiary/aromatic N) is 3. The molecule has 0 fully saturated rings. The van der Waals surface area contributed by atoms with Gasteiger partial charge in [-0.2, -0.15) is 5.10 Å². The molecule has 0 aliphatic carbocycles. The Morgan fingerprint density at radius 1 is 1.00 bits per heavy atom. The minimum absolute atomic E-state index is 0.286. The maximum Gasteiger partial charge on any atom is 0.313 e. The Morgan fingerprint density at radius 3 is 2.06 bits per heavy atom. The van der Waals surface area contributed by atoms with Gasteiger partial charge >= 0.3 is 5.97 Å². The van der Waals surface area contributed by atoms with E-state index in [9.17, 15) is 14.4 Å². The summed E-state index contributed by atoms with van der Waals surface area (Å²) in [6.45, 7) is 6.06. The first kappa shape index (κ1) is 13.8. The van der Waals surface area contributed by atoms with Crippen LogP contribution in [0.25, 0.3) is 0 Å². The number of carbonyl (C=O) groups excluding carboxylic acids is 2. The first-order chi connectivity index (χ1) is 20.4. The third-order valence-electron chi connectivity index (χ3n) is 5.47. The topological polar surface area (TPSA) is 81.5 Å². The van der Waals surface area contributed by atoms with Gasteiger partial charge in [-0.25, -0.2) is 0 Å². The van der Waals surface area contributed by atoms with Gasteiger partial charge in [0.15, 0.2) is 5.69 Å². The normalized spacial score (nSPS) is 19.8. The molecule has 2 heterocycles. The van der Waals surface area contributed by atoms with Crippen LogP contribution in [0.3, 0.4) is 0 Å². The summed E-state index contributed by atoms with van der Waals surface area (Å²) >= 11 is 0. The van der Waals surface area contributed by atoms with Crippen molar-refractivity contribution >= 4 is 11.9 Å². The number of ether oxygens (including phenoxy) is 1. The molecule has 2 aromatic carbocycles. The van der Waals surface area contributed by atoms with E-state index < -0.39 is 124 Å². The summed E-state index contributed by atoms with van der Waals surface area (Å²) in [6.07, 6.45) is 0.790. The van der Waals surface area contributed by atoms with Gasteiger partial charge in [-0.3, -0.25) is 19.1 Å². The number of esters is 1. The molecular formula is C27H29N3O4. The molecule has 3 aromatic rings. The van der Waals surface area contributed by atoms with Gasteiger partial charge in [0.25, 0.3) is 5.91 Å². The smallest absolute Gasteiger partial charge is 0.313 e. The molecule has 0 saturated heterocycles. The quantitative estimate of drug-likeness (QED) is 0.509. The fourth-order valence-corrected chi connectivity index (χ4v) is 3.76. The monoisotopic (exact) mass is 469 g/mol. The SMILES string of the molecule is [2H]c1c([2H])c([2H])c(C(c2c([2H])c([2H])c([2H])c([2H])c2[2H])[C@H]2CN(C(C)C)C(=O)c3c(OC(=O)C(C)C)c(=O)cnn32)c([2H])c1[2H]. The standard InChI is InChI=1S/C27H29N3O4/c1-17(2)27(33)34-25-22(31)15-28-30-21(16-29(18(3)4)26(32)24(25)30)23(19-11-7-5-8-12-19)20-13-9-6-10-14-20/h5-15,17-18,21,23H,16H2,1-4H3/t21-/m1/s1/i5D,6D,7D,8D,9D,10D,11D,12D,13D,14D. The fourth-order valence-electron chi connectivity index (χ4n) is 3.76. The molecule has 1 aliphatic rings. The van der Waals surface area contributed by atoms with Crippen molar-refractivity contribution in [3.05, 3.63) is 93.7 Å². The molecule has 176 valence electrons. The molecule has 7 nitrogen and oxygen atoms in total. The molecule has 0 bridgehead atoms. The molecule has 34 heavy (non-hydrogen) atoms. The Hall–Kier alpha value is -3.74. The van der Waals surface area contributed by atoms with E-state index in [0.717, 1.165) is 10.9 Å². The van der Waals surface area contributed by atoms with Crippen LogP contribution >= 0.6 is 0 Å². The third kappa shape index (κ3) is 4.38. The minimum Gasteiger partial charge on any atom is -0.420 e. The van der Waals surface area contributed by atoms with E-state index in [1.54, 1.807) is 13.8 Å². The van der Waals surface area contributed by atoms with Gasteiger partial charge in [-0.15, -0.1) is 0 Å². The van der Waals surface area contributed by atoms with Crippen molar-refractivity contribution in [3.8, 4) is 5.75 Å². The summed E-state index contributed by atoms with van der Waals surface area (Å²) in [5, 5.41) is 4.13. The number of carbonyl (C=O) groups is 2. The second-order valence-electron chi connectivity index (χ2n) is 8.38. The predicted octanol–water partition coefficient (Wildman–Crippen LogP) is 4.04. The molecule has 4 rings (SSSR count). The zero-order valence-electron chi connectivity index (χ0n) is 29.1. The van der Waals surface area contributed by atoms with E-state index in [4.69, 9.17) is 18.4 Å². The molecule has 0 N–H and O–H groups in total. The Labute approximate surface area is 213 Å². The van der Waals surface area contributed by atoms with Crippen molar-refractivity contribution in [2.45, 2.75) is 45.7 Å². The average molecular weight is 470 g/mol. The number of hydrogen-bond acceptors (Lipinski definition) is 5. The maximum absolute atomic E-state index is 13.8. The van der Waals surface area contributed by atoms with Crippen LogP contribution in [-0.2, 0) is 4.79 Å². The van der Waals surface area contributed by atoms with Crippen molar-refractivity contribution in [2.24, 2.45) is 5.92 Å². The number of fused-ring (bicyclic) bond motifs is 1. The highest BCUT2D eigenvalue weighted by atomic mass is 16.5. The van der Waals surface area contributed by atoms with Gasteiger partial charge in [0.2, 0.25) is 11.2 Å². The first-order valence-electron chi connectivity index (χ1n) is 15.7. The van der Waals surface area contributed by atoms with Gasteiger partial charge in [-0.05, 0) is 25.0 Å². The van der Waals surface area contributed by atoms with Crippen molar-refractivity contribution in [3.63, 3.8) is 0 Å². The minimum atomic E-state index is -1.60. The predicted molar refractivity (Wildman–Crippen MR) is 129 cm³/mol. The Bertz CT molecular complexity index is 1650. The molecule has 1 amide bonds. The lowest BCUT2D eigenvalue weighted by molar-refractivity contribution is -0.137. The summed E-state index contributed by atoms with van der Waals surface area (Å²) in [7, 11) is 0. The largest absolute Gasteiger partial charge is 0.420 e. The molecular weight excluding hydrogens is 430 g/mol. The van der Waals surface area contributed by atoms with E-state index in [-0.39, 0.29) is 6.54 Å². The summed E-state index contributed by atoms with van der Waals surface area (Å²) in [5.74, 6) is -4.51. The van der Waals surface area contributed by atoms with Crippen LogP contribution in [0.5, 0.6) is 5.75 Å². The number of aromatic nitrogens is 2. The lowest BCUT2D eigenvalue weighted by atomic mass is 9.83. The molecule has 0 unspecified atom stereocenters. The van der Waals surface area contributed by atoms with Gasteiger partial charge in [0.05, 0.1) is 31.9 Å². The molecule has 1 atom stereocenters. The number of benzene rings is 2. The van der Waals surface area contributed by atoms with Crippen LogP contribution < -0.4 is 10.2 Å². The van der Waals surface area contributed by atoms with Gasteiger partial charge < -0.3 is 9.64 Å². The highest BCUT2D eigenvalue weighted by Gasteiger charge is 2.41. The molecule has 1 aromatic heterocycles. The third-order valence-corrected chi connectivity index (χ3v) is 5.47.